The van der Waals surface area contributed by atoms with Crippen molar-refractivity contribution in [1.29, 1.82) is 5.26 Å². The van der Waals surface area contributed by atoms with E-state index in [1.54, 1.807) is 6.08 Å². The van der Waals surface area contributed by atoms with Gasteiger partial charge in [-0.1, -0.05) is 13.5 Å². The minimum atomic E-state index is 0.639. The van der Waals surface area contributed by atoms with E-state index in [4.69, 9.17) is 0 Å². The quantitative estimate of drug-likeness (QED) is 0.766. The molecule has 1 aliphatic carbocycles. The van der Waals surface area contributed by atoms with E-state index >= 15 is 0 Å². The van der Waals surface area contributed by atoms with Gasteiger partial charge in [-0.2, -0.15) is 5.26 Å². The Kier molecular flexibility index (Phi) is 4.26. The van der Waals surface area contributed by atoms with Gasteiger partial charge in [0, 0.05) is 24.8 Å². The lowest BCUT2D eigenvalue weighted by atomic mass is 9.91. The van der Waals surface area contributed by atoms with Crippen LogP contribution in [0, 0.1) is 23.7 Å². The number of aromatic nitrogens is 1. The fourth-order valence-corrected chi connectivity index (χ4v) is 3.61. The lowest BCUT2D eigenvalue weighted by molar-refractivity contribution is 0.238. The monoisotopic (exact) mass is 307 g/mol. The van der Waals surface area contributed by atoms with E-state index < -0.39 is 0 Å². The molecule has 2 aliphatic rings. The number of hydrogen-bond acceptors (Lipinski definition) is 3. The second-order valence-electron chi connectivity index (χ2n) is 6.91. The van der Waals surface area contributed by atoms with Gasteiger partial charge in [-0.05, 0) is 62.1 Å². The summed E-state index contributed by atoms with van der Waals surface area (Å²) in [5.74, 6) is 0. The third kappa shape index (κ3) is 3.03. The first-order chi connectivity index (χ1) is 11.1. The van der Waals surface area contributed by atoms with E-state index in [0.717, 1.165) is 47.6 Å². The SMILES string of the molecule is C=Cc1cc(/C(=C(/C#N)CC)N2CCC3(CC2)CC3)c(C)cn1. The summed E-state index contributed by atoms with van der Waals surface area (Å²) in [7, 11) is 0. The Morgan fingerprint density at radius 2 is 2.09 bits per heavy atom. The third-order valence-corrected chi connectivity index (χ3v) is 5.46. The summed E-state index contributed by atoms with van der Waals surface area (Å²) >= 11 is 0. The number of allylic oxidation sites excluding steroid dienone is 1. The van der Waals surface area contributed by atoms with Crippen molar-refractivity contribution < 1.29 is 0 Å². The van der Waals surface area contributed by atoms with Crippen LogP contribution < -0.4 is 0 Å². The van der Waals surface area contributed by atoms with Gasteiger partial charge in [-0.3, -0.25) is 4.98 Å². The second kappa shape index (κ2) is 6.20. The molecule has 0 radical (unpaired) electrons. The third-order valence-electron chi connectivity index (χ3n) is 5.46. The zero-order valence-electron chi connectivity index (χ0n) is 14.2. The average Bonchev–Trinajstić information content (AvgIpc) is 3.34. The van der Waals surface area contributed by atoms with E-state index in [2.05, 4.69) is 42.4 Å². The standard InChI is InChI=1S/C20H25N3/c1-4-16(13-21)19(18-12-17(5-2)22-14-15(18)3)23-10-8-20(6-7-20)9-11-23/h5,12,14H,2,4,6-11H2,1,3H3/b19-16-. The fraction of sp³-hybridized carbons (Fsp3) is 0.500. The number of nitrogens with zero attached hydrogens (tertiary/aromatic N) is 3. The molecule has 0 aromatic carbocycles. The molecule has 3 nitrogen and oxygen atoms in total. The first kappa shape index (κ1) is 15.8. The molecule has 1 aromatic rings. The van der Waals surface area contributed by atoms with Gasteiger partial charge in [-0.15, -0.1) is 0 Å². The average molecular weight is 307 g/mol. The van der Waals surface area contributed by atoms with Crippen molar-refractivity contribution in [2.24, 2.45) is 5.41 Å². The van der Waals surface area contributed by atoms with E-state index in [-0.39, 0.29) is 0 Å². The van der Waals surface area contributed by atoms with Gasteiger partial charge in [0.15, 0.2) is 0 Å². The highest BCUT2D eigenvalue weighted by molar-refractivity contribution is 5.73. The Morgan fingerprint density at radius 3 is 2.61 bits per heavy atom. The predicted octanol–water partition coefficient (Wildman–Crippen LogP) is 4.55. The van der Waals surface area contributed by atoms with Gasteiger partial charge in [0.1, 0.15) is 0 Å². The van der Waals surface area contributed by atoms with Crippen LogP contribution in [0.3, 0.4) is 0 Å². The molecule has 0 bridgehead atoms. The van der Waals surface area contributed by atoms with E-state index in [9.17, 15) is 5.26 Å². The number of piperidine rings is 1. The first-order valence-corrected chi connectivity index (χ1v) is 8.60. The molecule has 1 spiro atoms. The second-order valence-corrected chi connectivity index (χ2v) is 6.91. The molecule has 0 N–H and O–H groups in total. The summed E-state index contributed by atoms with van der Waals surface area (Å²) in [6.45, 7) is 10.1. The van der Waals surface area contributed by atoms with Gasteiger partial charge in [-0.25, -0.2) is 0 Å². The van der Waals surface area contributed by atoms with Crippen LogP contribution in [0.5, 0.6) is 0 Å². The molecule has 1 saturated heterocycles. The van der Waals surface area contributed by atoms with Crippen molar-refractivity contribution in [2.75, 3.05) is 13.1 Å². The summed E-state index contributed by atoms with van der Waals surface area (Å²) in [5, 5.41) is 9.65. The van der Waals surface area contributed by atoms with Gasteiger partial charge < -0.3 is 4.90 Å². The highest BCUT2D eigenvalue weighted by Crippen LogP contribution is 2.54. The minimum absolute atomic E-state index is 0.639. The molecule has 2 fully saturated rings. The Balaban J connectivity index is 2.02. The lowest BCUT2D eigenvalue weighted by Gasteiger charge is -2.36. The summed E-state index contributed by atoms with van der Waals surface area (Å²) in [4.78, 5) is 6.82. The number of rotatable bonds is 4. The zero-order valence-corrected chi connectivity index (χ0v) is 14.2. The van der Waals surface area contributed by atoms with Crippen LogP contribution in [-0.4, -0.2) is 23.0 Å². The summed E-state index contributed by atoms with van der Waals surface area (Å²) in [6, 6.07) is 4.52. The molecule has 120 valence electrons. The van der Waals surface area contributed by atoms with Crippen molar-refractivity contribution in [3.63, 3.8) is 0 Å². The normalized spacial score (nSPS) is 20.0. The fourth-order valence-electron chi connectivity index (χ4n) is 3.61. The first-order valence-electron chi connectivity index (χ1n) is 8.60. The van der Waals surface area contributed by atoms with Crippen molar-refractivity contribution >= 4 is 11.8 Å². The number of pyridine rings is 1. The van der Waals surface area contributed by atoms with Crippen LogP contribution in [0.15, 0.2) is 24.4 Å². The maximum absolute atomic E-state index is 9.65. The number of aryl methyl sites for hydroxylation is 1. The van der Waals surface area contributed by atoms with Crippen LogP contribution in [-0.2, 0) is 0 Å². The van der Waals surface area contributed by atoms with Gasteiger partial charge in [0.05, 0.1) is 23.0 Å². The summed E-state index contributed by atoms with van der Waals surface area (Å²) in [5.41, 5.74) is 5.76. The molecule has 0 amide bonds. The molecule has 2 heterocycles. The summed E-state index contributed by atoms with van der Waals surface area (Å²) in [6.07, 6.45) is 9.74. The maximum Gasteiger partial charge on any atom is 0.0969 e. The Labute approximate surface area is 139 Å². The molecule has 3 rings (SSSR count). The highest BCUT2D eigenvalue weighted by Gasteiger charge is 2.44. The van der Waals surface area contributed by atoms with Gasteiger partial charge >= 0.3 is 0 Å². The van der Waals surface area contributed by atoms with Crippen molar-refractivity contribution in [3.05, 3.63) is 41.2 Å². The van der Waals surface area contributed by atoms with Crippen LogP contribution in [0.4, 0.5) is 0 Å². The predicted molar refractivity (Wildman–Crippen MR) is 94.4 cm³/mol. The van der Waals surface area contributed by atoms with Gasteiger partial charge in [0.2, 0.25) is 0 Å². The smallest absolute Gasteiger partial charge is 0.0969 e. The molecular weight excluding hydrogens is 282 g/mol. The lowest BCUT2D eigenvalue weighted by Crippen LogP contribution is -2.34. The van der Waals surface area contributed by atoms with E-state index in [0.29, 0.717) is 5.41 Å². The van der Waals surface area contributed by atoms with Crippen molar-refractivity contribution in [3.8, 4) is 6.07 Å². The largest absolute Gasteiger partial charge is 0.370 e. The molecule has 0 atom stereocenters. The Morgan fingerprint density at radius 1 is 1.39 bits per heavy atom. The molecule has 23 heavy (non-hydrogen) atoms. The maximum atomic E-state index is 9.65. The molecular formula is C20H25N3. The Bertz CT molecular complexity index is 679. The molecule has 0 unspecified atom stereocenters. The summed E-state index contributed by atoms with van der Waals surface area (Å²) < 4.78 is 0. The Hall–Kier alpha value is -2.08. The van der Waals surface area contributed by atoms with Crippen LogP contribution in [0.2, 0.25) is 0 Å². The number of hydrogen-bond donors (Lipinski definition) is 0. The molecule has 3 heteroatoms. The number of nitriles is 1. The highest BCUT2D eigenvalue weighted by atomic mass is 15.1. The zero-order chi connectivity index (χ0) is 16.4. The van der Waals surface area contributed by atoms with Crippen LogP contribution >= 0.6 is 0 Å². The number of likely N-dealkylation sites (tertiary alicyclic amines) is 1. The van der Waals surface area contributed by atoms with Crippen molar-refractivity contribution in [2.45, 2.75) is 46.0 Å². The van der Waals surface area contributed by atoms with Crippen molar-refractivity contribution in [1.82, 2.24) is 9.88 Å². The van der Waals surface area contributed by atoms with Crippen LogP contribution in [0.1, 0.15) is 55.8 Å². The minimum Gasteiger partial charge on any atom is -0.370 e. The van der Waals surface area contributed by atoms with E-state index in [1.165, 1.54) is 25.7 Å². The molecule has 1 saturated carbocycles. The van der Waals surface area contributed by atoms with Gasteiger partial charge in [0.25, 0.3) is 0 Å². The molecule has 1 aromatic heterocycles. The van der Waals surface area contributed by atoms with E-state index in [1.807, 2.05) is 6.20 Å². The molecule has 1 aliphatic heterocycles. The van der Waals surface area contributed by atoms with Crippen LogP contribution in [0.25, 0.3) is 11.8 Å². The topological polar surface area (TPSA) is 39.9 Å².